The summed E-state index contributed by atoms with van der Waals surface area (Å²) < 4.78 is 0. The molecule has 3 amide bonds. The molecule has 0 bridgehead atoms. The molecule has 1 aromatic carbocycles. The van der Waals surface area contributed by atoms with E-state index in [9.17, 15) is 9.59 Å². The fraction of sp³-hybridized carbons (Fsp3) is 0.500. The summed E-state index contributed by atoms with van der Waals surface area (Å²) in [5, 5.41) is 5.73. The molecule has 0 spiro atoms. The molecule has 1 aromatic rings. The fourth-order valence-electron chi connectivity index (χ4n) is 3.02. The molecule has 5 nitrogen and oxygen atoms in total. The number of piperidine rings is 1. The Labute approximate surface area is 124 Å². The van der Waals surface area contributed by atoms with Crippen LogP contribution >= 0.6 is 0 Å². The number of amides is 3. The lowest BCUT2D eigenvalue weighted by Gasteiger charge is -2.27. The number of nitrogens with zero attached hydrogens (tertiary/aromatic N) is 1. The molecule has 2 saturated heterocycles. The van der Waals surface area contributed by atoms with Gasteiger partial charge in [-0.2, -0.15) is 0 Å². The first kappa shape index (κ1) is 14.1. The number of hydrogen-bond donors (Lipinski definition) is 2. The summed E-state index contributed by atoms with van der Waals surface area (Å²) in [6, 6.07) is 8.27. The Morgan fingerprint density at radius 3 is 2.48 bits per heavy atom. The quantitative estimate of drug-likeness (QED) is 0.887. The molecule has 0 atom stereocenters. The number of hydrogen-bond acceptors (Lipinski definition) is 3. The lowest BCUT2D eigenvalue weighted by Crippen LogP contribution is -2.48. The summed E-state index contributed by atoms with van der Waals surface area (Å²) in [6.45, 7) is 3.25. The van der Waals surface area contributed by atoms with E-state index < -0.39 is 0 Å². The Hall–Kier alpha value is -1.88. The molecule has 0 aromatic heterocycles. The van der Waals surface area contributed by atoms with Gasteiger partial charge in [0.05, 0.1) is 0 Å². The van der Waals surface area contributed by atoms with Crippen molar-refractivity contribution in [3.05, 3.63) is 35.4 Å². The van der Waals surface area contributed by atoms with Gasteiger partial charge in [0.2, 0.25) is 5.91 Å². The summed E-state index contributed by atoms with van der Waals surface area (Å²) in [5.41, 5.74) is 2.50. The highest BCUT2D eigenvalue weighted by Crippen LogP contribution is 2.25. The van der Waals surface area contributed by atoms with E-state index in [4.69, 9.17) is 0 Å². The van der Waals surface area contributed by atoms with Crippen LogP contribution in [0.2, 0.25) is 0 Å². The minimum atomic E-state index is -0.284. The van der Waals surface area contributed by atoms with Gasteiger partial charge < -0.3 is 10.2 Å². The molecule has 2 fully saturated rings. The molecule has 112 valence electrons. The minimum absolute atomic E-state index is 0.183. The zero-order chi connectivity index (χ0) is 14.7. The summed E-state index contributed by atoms with van der Waals surface area (Å²) in [4.78, 5) is 24.5. The number of nitrogens with one attached hydrogen (secondary N) is 2. The number of urea groups is 1. The molecule has 0 saturated carbocycles. The molecule has 21 heavy (non-hydrogen) atoms. The first-order valence-corrected chi connectivity index (χ1v) is 7.61. The summed E-state index contributed by atoms with van der Waals surface area (Å²) in [6.07, 6.45) is 2.77. The van der Waals surface area contributed by atoms with Crippen LogP contribution in [-0.2, 0) is 11.3 Å². The Balaban J connectivity index is 1.61. The van der Waals surface area contributed by atoms with Gasteiger partial charge in [-0.15, -0.1) is 0 Å². The molecular weight excluding hydrogens is 266 g/mol. The van der Waals surface area contributed by atoms with Crippen molar-refractivity contribution < 1.29 is 9.59 Å². The Kier molecular flexibility index (Phi) is 4.20. The highest BCUT2D eigenvalue weighted by molar-refractivity contribution is 5.96. The number of imide groups is 1. The van der Waals surface area contributed by atoms with Crippen LogP contribution in [0.25, 0.3) is 0 Å². The zero-order valence-electron chi connectivity index (χ0n) is 12.1. The third kappa shape index (κ3) is 3.42. The molecule has 0 radical (unpaired) electrons. The standard InChI is InChI=1S/C16H21N3O2/c20-15-7-10-19(16(21)18-15)11-12-1-3-13(4-2-12)14-5-8-17-9-6-14/h1-4,14,17H,5-11H2,(H,18,20,21). The first-order valence-electron chi connectivity index (χ1n) is 7.61. The normalized spacial score (nSPS) is 20.5. The van der Waals surface area contributed by atoms with Crippen LogP contribution in [0.4, 0.5) is 4.79 Å². The number of carbonyl (C=O) groups is 2. The van der Waals surface area contributed by atoms with Gasteiger partial charge in [-0.3, -0.25) is 10.1 Å². The molecule has 0 unspecified atom stereocenters. The lowest BCUT2D eigenvalue weighted by atomic mass is 9.90. The van der Waals surface area contributed by atoms with E-state index in [1.54, 1.807) is 4.90 Å². The molecule has 3 rings (SSSR count). The van der Waals surface area contributed by atoms with Crippen molar-refractivity contribution in [3.8, 4) is 0 Å². The second-order valence-electron chi connectivity index (χ2n) is 5.79. The van der Waals surface area contributed by atoms with Crippen LogP contribution in [0.15, 0.2) is 24.3 Å². The zero-order valence-corrected chi connectivity index (χ0v) is 12.1. The number of carbonyl (C=O) groups excluding carboxylic acids is 2. The van der Waals surface area contributed by atoms with E-state index in [-0.39, 0.29) is 11.9 Å². The van der Waals surface area contributed by atoms with E-state index in [0.29, 0.717) is 25.4 Å². The third-order valence-corrected chi connectivity index (χ3v) is 4.31. The van der Waals surface area contributed by atoms with Crippen molar-refractivity contribution in [2.75, 3.05) is 19.6 Å². The second-order valence-corrected chi connectivity index (χ2v) is 5.79. The fourth-order valence-corrected chi connectivity index (χ4v) is 3.02. The number of rotatable bonds is 3. The Morgan fingerprint density at radius 2 is 1.81 bits per heavy atom. The Morgan fingerprint density at radius 1 is 1.10 bits per heavy atom. The van der Waals surface area contributed by atoms with Crippen LogP contribution in [-0.4, -0.2) is 36.5 Å². The van der Waals surface area contributed by atoms with E-state index in [0.717, 1.165) is 18.7 Å². The average molecular weight is 287 g/mol. The monoisotopic (exact) mass is 287 g/mol. The van der Waals surface area contributed by atoms with Gasteiger partial charge in [-0.25, -0.2) is 4.79 Å². The van der Waals surface area contributed by atoms with Gasteiger partial charge in [-0.05, 0) is 43.0 Å². The minimum Gasteiger partial charge on any atom is -0.320 e. The van der Waals surface area contributed by atoms with Gasteiger partial charge in [0.1, 0.15) is 0 Å². The van der Waals surface area contributed by atoms with Crippen molar-refractivity contribution in [3.63, 3.8) is 0 Å². The SMILES string of the molecule is O=C1CCN(Cc2ccc(C3CCNCC3)cc2)C(=O)N1. The van der Waals surface area contributed by atoms with E-state index in [1.165, 1.54) is 18.4 Å². The topological polar surface area (TPSA) is 61.4 Å². The Bertz CT molecular complexity index is 521. The molecule has 2 N–H and O–H groups in total. The summed E-state index contributed by atoms with van der Waals surface area (Å²) in [7, 11) is 0. The largest absolute Gasteiger partial charge is 0.324 e. The van der Waals surface area contributed by atoms with Gasteiger partial charge in [0.15, 0.2) is 0 Å². The van der Waals surface area contributed by atoms with E-state index in [2.05, 4.69) is 34.9 Å². The van der Waals surface area contributed by atoms with E-state index in [1.807, 2.05) is 0 Å². The number of benzene rings is 1. The smallest absolute Gasteiger partial charge is 0.320 e. The molecule has 2 heterocycles. The average Bonchev–Trinajstić information content (AvgIpc) is 2.52. The van der Waals surface area contributed by atoms with Crippen molar-refractivity contribution in [1.29, 1.82) is 0 Å². The predicted molar refractivity (Wildman–Crippen MR) is 79.9 cm³/mol. The highest BCUT2D eigenvalue weighted by Gasteiger charge is 2.22. The van der Waals surface area contributed by atoms with Gasteiger partial charge in [0, 0.05) is 19.5 Å². The molecule has 0 aliphatic carbocycles. The van der Waals surface area contributed by atoms with E-state index >= 15 is 0 Å². The molecule has 2 aliphatic rings. The summed E-state index contributed by atoms with van der Waals surface area (Å²) in [5.74, 6) is 0.466. The maximum atomic E-state index is 11.7. The maximum absolute atomic E-state index is 11.7. The third-order valence-electron chi connectivity index (χ3n) is 4.31. The molecule has 2 aliphatic heterocycles. The highest BCUT2D eigenvalue weighted by atomic mass is 16.2. The van der Waals surface area contributed by atoms with Crippen molar-refractivity contribution in [1.82, 2.24) is 15.5 Å². The van der Waals surface area contributed by atoms with Crippen molar-refractivity contribution in [2.24, 2.45) is 0 Å². The van der Waals surface area contributed by atoms with Crippen molar-refractivity contribution in [2.45, 2.75) is 31.7 Å². The van der Waals surface area contributed by atoms with Crippen LogP contribution in [0.5, 0.6) is 0 Å². The second kappa shape index (κ2) is 6.26. The predicted octanol–water partition coefficient (Wildman–Crippen LogP) is 1.60. The van der Waals surface area contributed by atoms with Gasteiger partial charge in [0.25, 0.3) is 0 Å². The van der Waals surface area contributed by atoms with Gasteiger partial charge >= 0.3 is 6.03 Å². The lowest BCUT2D eigenvalue weighted by molar-refractivity contribution is -0.121. The summed E-state index contributed by atoms with van der Waals surface area (Å²) >= 11 is 0. The van der Waals surface area contributed by atoms with Crippen LogP contribution in [0.3, 0.4) is 0 Å². The van der Waals surface area contributed by atoms with Crippen molar-refractivity contribution >= 4 is 11.9 Å². The van der Waals surface area contributed by atoms with Gasteiger partial charge in [-0.1, -0.05) is 24.3 Å². The molecular formula is C16H21N3O2. The van der Waals surface area contributed by atoms with Crippen LogP contribution in [0, 0.1) is 0 Å². The first-order chi connectivity index (χ1) is 10.2. The molecule has 5 heteroatoms. The maximum Gasteiger partial charge on any atom is 0.324 e. The van der Waals surface area contributed by atoms with Crippen LogP contribution in [0.1, 0.15) is 36.3 Å². The van der Waals surface area contributed by atoms with Crippen LogP contribution < -0.4 is 10.6 Å².